The molecule has 0 spiro atoms. The monoisotopic (exact) mass is 590 g/mol. The second-order valence-electron chi connectivity index (χ2n) is 10.4. The topological polar surface area (TPSA) is 144 Å². The Morgan fingerprint density at radius 3 is 2.41 bits per heavy atom. The molecule has 2 aromatic carbocycles. The average molecular weight is 591 g/mol. The number of halogens is 4. The van der Waals surface area contributed by atoms with Gasteiger partial charge in [-0.3, -0.25) is 4.79 Å². The van der Waals surface area contributed by atoms with Crippen molar-refractivity contribution in [1.82, 2.24) is 10.2 Å². The number of carbonyl (C=O) groups is 1. The van der Waals surface area contributed by atoms with Crippen LogP contribution in [-0.2, 0) is 32.3 Å². The fourth-order valence-corrected chi connectivity index (χ4v) is 6.02. The summed E-state index contributed by atoms with van der Waals surface area (Å²) in [6.45, 7) is 3.20. The molecule has 2 N–H and O–H groups in total. The van der Waals surface area contributed by atoms with Crippen LogP contribution >= 0.6 is 0 Å². The van der Waals surface area contributed by atoms with Crippen molar-refractivity contribution in [3.63, 3.8) is 0 Å². The van der Waals surface area contributed by atoms with E-state index >= 15 is 4.39 Å². The Hall–Kier alpha value is -4.16. The minimum atomic E-state index is -4.72. The van der Waals surface area contributed by atoms with Crippen LogP contribution < -0.4 is 10.6 Å². The molecule has 1 amide bonds. The van der Waals surface area contributed by atoms with Gasteiger partial charge in [0.05, 0.1) is 39.9 Å². The summed E-state index contributed by atoms with van der Waals surface area (Å²) in [5.41, 5.74) is 2.18. The average Bonchev–Trinajstić information content (AvgIpc) is 3.58. The van der Waals surface area contributed by atoms with E-state index in [0.29, 0.717) is 5.56 Å². The van der Waals surface area contributed by atoms with Gasteiger partial charge in [-0.05, 0) is 17.7 Å². The van der Waals surface area contributed by atoms with E-state index in [1.807, 2.05) is 0 Å². The summed E-state index contributed by atoms with van der Waals surface area (Å²) in [4.78, 5) is 13.8. The van der Waals surface area contributed by atoms with Gasteiger partial charge in [-0.25, -0.2) is 12.8 Å². The molecule has 0 saturated carbocycles. The molecule has 2 aliphatic heterocycles. The first-order valence-corrected chi connectivity index (χ1v) is 13.8. The van der Waals surface area contributed by atoms with Crippen molar-refractivity contribution in [3.8, 4) is 23.8 Å². The zero-order valence-electron chi connectivity index (χ0n) is 21.6. The van der Waals surface area contributed by atoms with Crippen molar-refractivity contribution in [1.29, 1.82) is 0 Å². The molecule has 1 atom stereocenters. The SMILES string of the molecule is C#CCC(C)(C)c1nnc(-c2cc3c(cc2F)S(=O)(=O)C[C@H](N)C(=O)N3Cc2ccc(C3(C(F)(F)F)N=N3)cc2)o1. The Kier molecular flexibility index (Phi) is 6.54. The molecule has 3 aromatic rings. The van der Waals surface area contributed by atoms with Crippen LogP contribution in [0.2, 0.25) is 0 Å². The lowest BCUT2D eigenvalue weighted by Crippen LogP contribution is -2.45. The number of carbonyl (C=O) groups excluding carboxylic acids is 1. The number of hydrogen-bond donors (Lipinski definition) is 1. The Labute approximate surface area is 231 Å². The number of rotatable bonds is 6. The van der Waals surface area contributed by atoms with Gasteiger partial charge in [0.25, 0.3) is 5.89 Å². The second kappa shape index (κ2) is 9.45. The van der Waals surface area contributed by atoms with Gasteiger partial charge >= 0.3 is 11.8 Å². The van der Waals surface area contributed by atoms with Gasteiger partial charge in [0.15, 0.2) is 9.84 Å². The molecule has 0 unspecified atom stereocenters. The highest BCUT2D eigenvalue weighted by Crippen LogP contribution is 2.52. The molecule has 214 valence electrons. The number of alkyl halides is 3. The molecule has 0 bridgehead atoms. The van der Waals surface area contributed by atoms with E-state index in [1.54, 1.807) is 13.8 Å². The molecule has 0 aliphatic carbocycles. The van der Waals surface area contributed by atoms with Crippen LogP contribution in [0, 0.1) is 18.2 Å². The minimum absolute atomic E-state index is 0.119. The third-order valence-corrected chi connectivity index (χ3v) is 8.62. The van der Waals surface area contributed by atoms with Gasteiger partial charge in [0, 0.05) is 12.0 Å². The number of sulfone groups is 1. The van der Waals surface area contributed by atoms with Crippen LogP contribution in [0.4, 0.5) is 23.2 Å². The summed E-state index contributed by atoms with van der Waals surface area (Å²) in [5.74, 6) is -0.244. The van der Waals surface area contributed by atoms with Crippen LogP contribution in [0.1, 0.15) is 37.3 Å². The predicted octanol–water partition coefficient (Wildman–Crippen LogP) is 4.01. The van der Waals surface area contributed by atoms with E-state index in [1.165, 1.54) is 12.1 Å². The van der Waals surface area contributed by atoms with Gasteiger partial charge < -0.3 is 15.1 Å². The lowest BCUT2D eigenvalue weighted by Gasteiger charge is -2.25. The molecular weight excluding hydrogens is 568 g/mol. The number of nitrogens with zero attached hydrogens (tertiary/aromatic N) is 5. The van der Waals surface area contributed by atoms with E-state index < -0.39 is 55.5 Å². The summed E-state index contributed by atoms with van der Waals surface area (Å²) in [7, 11) is -4.23. The summed E-state index contributed by atoms with van der Waals surface area (Å²) in [6.07, 6.45) is 0.920. The Balaban J connectivity index is 1.57. The number of fused-ring (bicyclic) bond motifs is 1. The fourth-order valence-electron chi connectivity index (χ4n) is 4.45. The largest absolute Gasteiger partial charge is 0.442 e. The highest BCUT2D eigenvalue weighted by molar-refractivity contribution is 7.91. The smallest absolute Gasteiger partial charge is 0.420 e. The number of terminal acetylenes is 1. The Morgan fingerprint density at radius 2 is 1.83 bits per heavy atom. The Morgan fingerprint density at radius 1 is 1.17 bits per heavy atom. The van der Waals surface area contributed by atoms with E-state index in [0.717, 1.165) is 29.2 Å². The normalized spacial score (nSPS) is 19.4. The van der Waals surface area contributed by atoms with Gasteiger partial charge in [0.2, 0.25) is 11.8 Å². The van der Waals surface area contributed by atoms with Crippen LogP contribution in [-0.4, -0.2) is 42.5 Å². The molecule has 10 nitrogen and oxygen atoms in total. The maximum Gasteiger partial charge on any atom is 0.442 e. The fraction of sp³-hybridized carbons (Fsp3) is 0.346. The summed E-state index contributed by atoms with van der Waals surface area (Å²) in [5, 5.41) is 14.2. The molecule has 0 saturated heterocycles. The Bertz CT molecular complexity index is 1720. The molecule has 41 heavy (non-hydrogen) atoms. The summed E-state index contributed by atoms with van der Waals surface area (Å²) in [6, 6.07) is 5.33. The highest BCUT2D eigenvalue weighted by atomic mass is 32.2. The van der Waals surface area contributed by atoms with Gasteiger partial charge in [0.1, 0.15) is 5.82 Å². The van der Waals surface area contributed by atoms with Crippen molar-refractivity contribution in [3.05, 3.63) is 59.2 Å². The molecule has 0 fully saturated rings. The van der Waals surface area contributed by atoms with Crippen molar-refractivity contribution >= 4 is 21.4 Å². The van der Waals surface area contributed by atoms with E-state index in [4.69, 9.17) is 16.6 Å². The van der Waals surface area contributed by atoms with Crippen LogP contribution in [0.3, 0.4) is 0 Å². The van der Waals surface area contributed by atoms with Crippen LogP contribution in [0.25, 0.3) is 11.5 Å². The molecule has 0 radical (unpaired) electrons. The molecule has 15 heteroatoms. The lowest BCUT2D eigenvalue weighted by molar-refractivity contribution is -0.166. The first-order valence-electron chi connectivity index (χ1n) is 12.1. The number of benzene rings is 2. The third-order valence-electron chi connectivity index (χ3n) is 6.83. The van der Waals surface area contributed by atoms with Crippen molar-refractivity contribution in [2.75, 3.05) is 10.7 Å². The quantitative estimate of drug-likeness (QED) is 0.338. The van der Waals surface area contributed by atoms with Crippen LogP contribution in [0.15, 0.2) is 55.9 Å². The number of aromatic nitrogens is 2. The molecular formula is C26H22F4N6O4S. The van der Waals surface area contributed by atoms with Crippen molar-refractivity contribution < 1.29 is 35.2 Å². The predicted molar refractivity (Wildman–Crippen MR) is 136 cm³/mol. The number of anilines is 1. The van der Waals surface area contributed by atoms with E-state index in [-0.39, 0.29) is 41.6 Å². The van der Waals surface area contributed by atoms with Gasteiger partial charge in [-0.15, -0.1) is 32.8 Å². The standard InChI is InChI=1S/C26H22F4N6O4S/c1-4-9-24(2,3)23-33-32-21(40-23)16-10-19-20(11-17(16)27)41(38,39)13-18(31)22(37)36(19)12-14-5-7-15(8-6-14)25(34-35-25)26(28,29)30/h1,5-8,10-11,18H,9,12-13,31H2,2-3H3/t18-/m0/s1. The van der Waals surface area contributed by atoms with Crippen molar-refractivity contribution in [2.24, 2.45) is 16.0 Å². The number of hydrogen-bond acceptors (Lipinski definition) is 9. The summed E-state index contributed by atoms with van der Waals surface area (Å²) < 4.78 is 87.3. The van der Waals surface area contributed by atoms with E-state index in [2.05, 4.69) is 26.3 Å². The number of nitrogens with two attached hydrogens (primary N) is 1. The second-order valence-corrected chi connectivity index (χ2v) is 12.4. The first-order chi connectivity index (χ1) is 19.1. The van der Waals surface area contributed by atoms with Gasteiger partial charge in [-0.2, -0.15) is 13.2 Å². The van der Waals surface area contributed by atoms with Crippen LogP contribution in [0.5, 0.6) is 0 Å². The summed E-state index contributed by atoms with van der Waals surface area (Å²) >= 11 is 0. The highest BCUT2D eigenvalue weighted by Gasteiger charge is 2.65. The zero-order valence-corrected chi connectivity index (χ0v) is 22.4. The van der Waals surface area contributed by atoms with E-state index in [9.17, 15) is 26.4 Å². The number of amides is 1. The molecule has 5 rings (SSSR count). The maximum atomic E-state index is 15.3. The molecule has 1 aromatic heterocycles. The lowest BCUT2D eigenvalue weighted by atomic mass is 9.90. The minimum Gasteiger partial charge on any atom is -0.420 e. The third kappa shape index (κ3) is 4.87. The maximum absolute atomic E-state index is 15.3. The molecule has 3 heterocycles. The zero-order chi connectivity index (χ0) is 30.0. The first kappa shape index (κ1) is 28.4. The van der Waals surface area contributed by atoms with Gasteiger partial charge in [-0.1, -0.05) is 38.1 Å². The molecule has 2 aliphatic rings. The van der Waals surface area contributed by atoms with Crippen molar-refractivity contribution in [2.45, 2.75) is 55.0 Å².